The monoisotopic (exact) mass is 1300 g/mol. The summed E-state index contributed by atoms with van der Waals surface area (Å²) >= 11 is 0. The van der Waals surface area contributed by atoms with E-state index in [1.807, 2.05) is 42.5 Å². The summed E-state index contributed by atoms with van der Waals surface area (Å²) in [4.78, 5) is 0. The number of furan rings is 5. The zero-order valence-electron chi connectivity index (χ0n) is 44.8. The SMILES string of the molecule is [U+2].[c-]1ccc(-c2cc(-c3ccc4oc5cc6oc7ccc(-c8ccccc8)cc7c6cc5c4c3)cc(-c3ccc4oc5cc6oc7ccc(-c8ccccc8)cc7c6cc5c4c3)c2)cc1-c1[c-]cc2oc3ccc(-c4ccccc4)cc3c2c1. The molecule has 84 heavy (non-hydrogen) atoms. The number of fused-ring (bicyclic) bond motifs is 15. The fourth-order valence-electron chi connectivity index (χ4n) is 12.7. The molecule has 0 saturated heterocycles. The van der Waals surface area contributed by atoms with Gasteiger partial charge in [-0.05, 0) is 152 Å². The predicted molar refractivity (Wildman–Crippen MR) is 339 cm³/mol. The van der Waals surface area contributed by atoms with E-state index in [1.165, 1.54) is 0 Å². The van der Waals surface area contributed by atoms with Crippen LogP contribution in [0.15, 0.2) is 277 Å². The van der Waals surface area contributed by atoms with Crippen molar-refractivity contribution in [3.63, 3.8) is 0 Å². The van der Waals surface area contributed by atoms with Gasteiger partial charge in [-0.1, -0.05) is 127 Å². The molecule has 0 atom stereocenters. The van der Waals surface area contributed by atoms with Crippen LogP contribution >= 0.6 is 0 Å². The smallest absolute Gasteiger partial charge is 0.501 e. The van der Waals surface area contributed by atoms with E-state index in [0.717, 1.165) is 188 Å². The Labute approximate surface area is 503 Å². The van der Waals surface area contributed by atoms with Crippen molar-refractivity contribution in [2.75, 3.05) is 0 Å². The van der Waals surface area contributed by atoms with Gasteiger partial charge in [0.2, 0.25) is 0 Å². The van der Waals surface area contributed by atoms with Gasteiger partial charge in [-0.15, -0.1) is 17.7 Å². The molecule has 0 aliphatic heterocycles. The summed E-state index contributed by atoms with van der Waals surface area (Å²) in [5, 5.41) is 10.5. The van der Waals surface area contributed by atoms with Crippen molar-refractivity contribution in [2.45, 2.75) is 0 Å². The summed E-state index contributed by atoms with van der Waals surface area (Å²) in [7, 11) is 0. The van der Waals surface area contributed by atoms with Crippen LogP contribution in [0.25, 0.3) is 188 Å². The normalized spacial score (nSPS) is 12.0. The van der Waals surface area contributed by atoms with E-state index in [1.54, 1.807) is 0 Å². The Kier molecular flexibility index (Phi) is 11.0. The second-order valence-corrected chi connectivity index (χ2v) is 21.8. The molecule has 0 bridgehead atoms. The molecule has 5 heterocycles. The van der Waals surface area contributed by atoms with Crippen LogP contribution in [-0.4, -0.2) is 0 Å². The van der Waals surface area contributed by atoms with E-state index >= 15 is 0 Å². The topological polar surface area (TPSA) is 65.7 Å². The average Bonchev–Trinajstić information content (AvgIpc) is 2.16. The average molecular weight is 1300 g/mol. The third-order valence-corrected chi connectivity index (χ3v) is 16.9. The van der Waals surface area contributed by atoms with Crippen molar-refractivity contribution >= 4 is 110 Å². The summed E-state index contributed by atoms with van der Waals surface area (Å²) in [5.74, 6) is 0. The van der Waals surface area contributed by atoms with Gasteiger partial charge in [0, 0.05) is 66.2 Å². The van der Waals surface area contributed by atoms with Crippen LogP contribution in [-0.2, 0) is 0 Å². The summed E-state index contributed by atoms with van der Waals surface area (Å²) in [6.45, 7) is 0. The molecular formula is C78H42O5U. The molecule has 0 unspecified atom stereocenters. The third-order valence-electron chi connectivity index (χ3n) is 16.9. The van der Waals surface area contributed by atoms with Gasteiger partial charge in [-0.25, -0.2) is 11.1 Å². The minimum Gasteiger partial charge on any atom is -0.501 e. The first-order valence-corrected chi connectivity index (χ1v) is 27.9. The van der Waals surface area contributed by atoms with Crippen LogP contribution in [0.4, 0.5) is 0 Å². The molecule has 18 aromatic rings. The molecule has 6 heteroatoms. The summed E-state index contributed by atoms with van der Waals surface area (Å²) in [5.41, 5.74) is 23.3. The Hall–Kier alpha value is -10.1. The van der Waals surface area contributed by atoms with E-state index in [4.69, 9.17) is 22.1 Å². The predicted octanol–water partition coefficient (Wildman–Crippen LogP) is 22.5. The molecule has 0 radical (unpaired) electrons. The van der Waals surface area contributed by atoms with Crippen LogP contribution in [0.5, 0.6) is 0 Å². The van der Waals surface area contributed by atoms with Crippen molar-refractivity contribution < 1.29 is 53.2 Å². The molecular weight excluding hydrogens is 1250 g/mol. The van der Waals surface area contributed by atoms with E-state index in [9.17, 15) is 0 Å². The van der Waals surface area contributed by atoms with Crippen molar-refractivity contribution in [2.24, 2.45) is 0 Å². The second-order valence-electron chi connectivity index (χ2n) is 21.8. The maximum absolute atomic E-state index is 6.61. The molecule has 5 aromatic heterocycles. The van der Waals surface area contributed by atoms with Crippen LogP contribution in [0.1, 0.15) is 0 Å². The van der Waals surface area contributed by atoms with Gasteiger partial charge < -0.3 is 22.1 Å². The van der Waals surface area contributed by atoms with Gasteiger partial charge in [0.15, 0.2) is 0 Å². The fraction of sp³-hybridized carbons (Fsp3) is 0. The first-order chi connectivity index (χ1) is 41.0. The number of hydrogen-bond acceptors (Lipinski definition) is 5. The maximum Gasteiger partial charge on any atom is 2.00 e. The molecule has 0 fully saturated rings. The zero-order chi connectivity index (χ0) is 54.3. The zero-order valence-corrected chi connectivity index (χ0v) is 49.0. The Bertz CT molecular complexity index is 5430. The molecule has 5 nitrogen and oxygen atoms in total. The second kappa shape index (κ2) is 19.0. The Balaban J connectivity index is 0.00000556. The molecule has 0 spiro atoms. The largest absolute Gasteiger partial charge is 2.00 e. The first kappa shape index (κ1) is 48.6. The van der Waals surface area contributed by atoms with Gasteiger partial charge in [0.25, 0.3) is 0 Å². The Morgan fingerprint density at radius 1 is 0.190 bits per heavy atom. The Morgan fingerprint density at radius 3 is 0.857 bits per heavy atom. The molecule has 0 amide bonds. The molecule has 0 saturated carbocycles. The third kappa shape index (κ3) is 7.90. The van der Waals surface area contributed by atoms with Crippen molar-refractivity contribution in [3.05, 3.63) is 267 Å². The number of benzene rings is 13. The van der Waals surface area contributed by atoms with Gasteiger partial charge in [-0.3, -0.25) is 0 Å². The minimum atomic E-state index is 0. The molecule has 0 aliphatic rings. The van der Waals surface area contributed by atoms with Crippen LogP contribution < -0.4 is 0 Å². The quantitative estimate of drug-likeness (QED) is 0.149. The first-order valence-electron chi connectivity index (χ1n) is 27.9. The molecule has 13 aromatic carbocycles. The van der Waals surface area contributed by atoms with E-state index in [-0.39, 0.29) is 31.1 Å². The molecule has 388 valence electrons. The fourth-order valence-corrected chi connectivity index (χ4v) is 12.7. The van der Waals surface area contributed by atoms with Gasteiger partial charge in [0.05, 0.1) is 0 Å². The number of rotatable bonds is 7. The Morgan fingerprint density at radius 2 is 0.488 bits per heavy atom. The minimum absolute atomic E-state index is 0. The summed E-state index contributed by atoms with van der Waals surface area (Å²) in [6.07, 6.45) is 0. The van der Waals surface area contributed by atoms with Crippen LogP contribution in [0.2, 0.25) is 0 Å². The van der Waals surface area contributed by atoms with Crippen LogP contribution in [0.3, 0.4) is 0 Å². The van der Waals surface area contributed by atoms with Crippen LogP contribution in [0, 0.1) is 43.2 Å². The van der Waals surface area contributed by atoms with Gasteiger partial charge in [0.1, 0.15) is 50.2 Å². The number of hydrogen-bond donors (Lipinski definition) is 0. The van der Waals surface area contributed by atoms with Crippen molar-refractivity contribution in [1.29, 1.82) is 0 Å². The summed E-state index contributed by atoms with van der Waals surface area (Å²) < 4.78 is 32.5. The maximum atomic E-state index is 6.61. The molecule has 18 rings (SSSR count). The van der Waals surface area contributed by atoms with E-state index in [2.05, 4.69) is 224 Å². The van der Waals surface area contributed by atoms with Gasteiger partial charge in [-0.2, -0.15) is 30.3 Å². The van der Waals surface area contributed by atoms with E-state index in [0.29, 0.717) is 0 Å². The van der Waals surface area contributed by atoms with Gasteiger partial charge >= 0.3 is 31.1 Å². The van der Waals surface area contributed by atoms with Crippen molar-refractivity contribution in [1.82, 2.24) is 0 Å². The molecule has 0 aliphatic carbocycles. The standard InChI is InChI=1S/C78H42O5.U/c1-4-11-45(12-5-1)50-19-25-69-59(35-50)60-38-53(22-28-70(60)79-69)48-17-10-18-49(31-48)56-32-57(54-23-29-73-63(39-54)67-41-65-61-36-51(46-13-6-2-7-14-46)20-26-71(61)80-75(65)43-77(67)82-73)34-58(33-56)55-24-30-74-64(40-55)68-42-66-62-37-52(47-15-8-3-9-16-47)21-27-72(62)81-76(66)44-78(68)83-74;/h1-16,18-21,23-44H;/q-2;+2. The summed E-state index contributed by atoms with van der Waals surface area (Å²) in [6, 6.07) is 96.9. The van der Waals surface area contributed by atoms with Crippen molar-refractivity contribution in [3.8, 4) is 77.9 Å². The van der Waals surface area contributed by atoms with E-state index < -0.39 is 0 Å². The molecule has 0 N–H and O–H groups in total.